The molecule has 1 fully saturated rings. The molecule has 1 heterocycles. The summed E-state index contributed by atoms with van der Waals surface area (Å²) < 4.78 is 5.75. The van der Waals surface area contributed by atoms with E-state index in [0.717, 1.165) is 25.3 Å². The smallest absolute Gasteiger partial charge is 0.125 e. The highest BCUT2D eigenvalue weighted by Crippen LogP contribution is 2.41. The first-order valence-electron chi connectivity index (χ1n) is 8.51. The molecule has 124 valence electrons. The predicted octanol–water partition coefficient (Wildman–Crippen LogP) is 3.89. The van der Waals surface area contributed by atoms with Crippen molar-refractivity contribution in [1.29, 1.82) is 0 Å². The summed E-state index contributed by atoms with van der Waals surface area (Å²) in [7, 11) is 4.01. The van der Waals surface area contributed by atoms with Crippen LogP contribution in [0.2, 0.25) is 0 Å². The van der Waals surface area contributed by atoms with Crippen LogP contribution < -0.4 is 10.5 Å². The van der Waals surface area contributed by atoms with E-state index in [2.05, 4.69) is 51.8 Å². The van der Waals surface area contributed by atoms with Crippen molar-refractivity contribution < 1.29 is 4.74 Å². The van der Waals surface area contributed by atoms with Gasteiger partial charge in [0.15, 0.2) is 0 Å². The van der Waals surface area contributed by atoms with Crippen LogP contribution in [0.1, 0.15) is 68.7 Å². The summed E-state index contributed by atoms with van der Waals surface area (Å²) in [5.74, 6) is 2.61. The first kappa shape index (κ1) is 17.3. The summed E-state index contributed by atoms with van der Waals surface area (Å²) in [5.41, 5.74) is 9.97. The van der Waals surface area contributed by atoms with Crippen molar-refractivity contribution in [3.8, 4) is 5.75 Å². The molecule has 0 bridgehead atoms. The quantitative estimate of drug-likeness (QED) is 0.897. The number of likely N-dealkylation sites (tertiary alicyclic amines) is 1. The van der Waals surface area contributed by atoms with Crippen LogP contribution in [-0.2, 0) is 0 Å². The maximum Gasteiger partial charge on any atom is 0.125 e. The normalized spacial score (nSPS) is 22.8. The Kier molecular flexibility index (Phi) is 5.51. The van der Waals surface area contributed by atoms with Gasteiger partial charge in [-0.2, -0.15) is 0 Å². The van der Waals surface area contributed by atoms with Gasteiger partial charge in [0.1, 0.15) is 5.75 Å². The minimum absolute atomic E-state index is 0.462. The molecule has 1 aromatic rings. The molecule has 1 aliphatic rings. The van der Waals surface area contributed by atoms with Gasteiger partial charge in [0.25, 0.3) is 0 Å². The summed E-state index contributed by atoms with van der Waals surface area (Å²) >= 11 is 0. The molecule has 2 atom stereocenters. The molecule has 22 heavy (non-hydrogen) atoms. The van der Waals surface area contributed by atoms with Gasteiger partial charge in [-0.3, -0.25) is 4.90 Å². The molecule has 0 aliphatic carbocycles. The van der Waals surface area contributed by atoms with E-state index < -0.39 is 0 Å². The fourth-order valence-electron chi connectivity index (χ4n) is 3.65. The van der Waals surface area contributed by atoms with E-state index in [4.69, 9.17) is 10.5 Å². The van der Waals surface area contributed by atoms with Gasteiger partial charge >= 0.3 is 0 Å². The van der Waals surface area contributed by atoms with E-state index in [-0.39, 0.29) is 0 Å². The fourth-order valence-corrected chi connectivity index (χ4v) is 3.65. The highest BCUT2D eigenvalue weighted by Gasteiger charge is 2.31. The van der Waals surface area contributed by atoms with Crippen molar-refractivity contribution >= 4 is 0 Å². The Balaban J connectivity index is 2.48. The second kappa shape index (κ2) is 7.01. The highest BCUT2D eigenvalue weighted by atomic mass is 16.5. The van der Waals surface area contributed by atoms with Gasteiger partial charge in [-0.15, -0.1) is 0 Å². The summed E-state index contributed by atoms with van der Waals surface area (Å²) in [6.45, 7) is 10.9. The minimum atomic E-state index is 0.462. The van der Waals surface area contributed by atoms with Gasteiger partial charge in [-0.25, -0.2) is 0 Å². The number of hydrogen-bond donors (Lipinski definition) is 1. The Labute approximate surface area is 135 Å². The molecule has 0 spiro atoms. The SMILES string of the molecule is COc1c(C(C)C)cc(C2CC(CN)CN2C)cc1C(C)C. The first-order valence-corrected chi connectivity index (χ1v) is 8.51. The van der Waals surface area contributed by atoms with Gasteiger partial charge in [0.05, 0.1) is 7.11 Å². The Bertz CT molecular complexity index is 481. The zero-order valence-electron chi connectivity index (χ0n) is 15.0. The fraction of sp³-hybridized carbons (Fsp3) is 0.684. The maximum absolute atomic E-state index is 5.89. The third-order valence-corrected chi connectivity index (χ3v) is 4.97. The van der Waals surface area contributed by atoms with E-state index in [1.807, 2.05) is 0 Å². The van der Waals surface area contributed by atoms with Gasteiger partial charge in [0.2, 0.25) is 0 Å². The molecule has 0 saturated carbocycles. The van der Waals surface area contributed by atoms with E-state index in [9.17, 15) is 0 Å². The number of methoxy groups -OCH3 is 1. The number of benzene rings is 1. The number of ether oxygens (including phenoxy) is 1. The van der Waals surface area contributed by atoms with Crippen LogP contribution in [-0.4, -0.2) is 32.1 Å². The van der Waals surface area contributed by atoms with Crippen molar-refractivity contribution in [3.05, 3.63) is 28.8 Å². The summed E-state index contributed by atoms with van der Waals surface area (Å²) in [5, 5.41) is 0. The van der Waals surface area contributed by atoms with Crippen molar-refractivity contribution in [2.75, 3.05) is 27.2 Å². The highest BCUT2D eigenvalue weighted by molar-refractivity contribution is 5.48. The van der Waals surface area contributed by atoms with Crippen LogP contribution in [0.25, 0.3) is 0 Å². The van der Waals surface area contributed by atoms with E-state index in [1.54, 1.807) is 7.11 Å². The van der Waals surface area contributed by atoms with Crippen molar-refractivity contribution in [2.45, 2.75) is 52.0 Å². The van der Waals surface area contributed by atoms with Crippen LogP contribution in [0.15, 0.2) is 12.1 Å². The molecule has 0 aromatic heterocycles. The second-order valence-corrected chi connectivity index (χ2v) is 7.33. The summed E-state index contributed by atoms with van der Waals surface area (Å²) in [6.07, 6.45) is 1.16. The third kappa shape index (κ3) is 3.31. The van der Waals surface area contributed by atoms with Crippen LogP contribution in [0.4, 0.5) is 0 Å². The average molecular weight is 304 g/mol. The topological polar surface area (TPSA) is 38.5 Å². The molecular formula is C19H32N2O. The molecule has 2 N–H and O–H groups in total. The van der Waals surface area contributed by atoms with Gasteiger partial charge in [-0.1, -0.05) is 39.8 Å². The van der Waals surface area contributed by atoms with Crippen LogP contribution in [0, 0.1) is 5.92 Å². The standard InChI is InChI=1S/C19H32N2O/c1-12(2)16-8-15(9-17(13(3)4)19(16)22-6)18-7-14(10-20)11-21(18)5/h8-9,12-14,18H,7,10-11,20H2,1-6H3. The molecule has 2 rings (SSSR count). The molecule has 0 radical (unpaired) electrons. The predicted molar refractivity (Wildman–Crippen MR) is 93.7 cm³/mol. The summed E-state index contributed by atoms with van der Waals surface area (Å²) in [6, 6.07) is 5.19. The lowest BCUT2D eigenvalue weighted by Gasteiger charge is -2.25. The Morgan fingerprint density at radius 1 is 1.18 bits per heavy atom. The van der Waals surface area contributed by atoms with E-state index in [0.29, 0.717) is 23.8 Å². The maximum atomic E-state index is 5.89. The van der Waals surface area contributed by atoms with Gasteiger partial charge in [0, 0.05) is 12.6 Å². The lowest BCUT2D eigenvalue weighted by Crippen LogP contribution is -2.21. The molecule has 1 aromatic carbocycles. The first-order chi connectivity index (χ1) is 10.4. The largest absolute Gasteiger partial charge is 0.496 e. The lowest BCUT2D eigenvalue weighted by atomic mass is 9.88. The zero-order chi connectivity index (χ0) is 16.4. The molecule has 2 unspecified atom stereocenters. The Morgan fingerprint density at radius 2 is 1.73 bits per heavy atom. The number of hydrogen-bond acceptors (Lipinski definition) is 3. The third-order valence-electron chi connectivity index (χ3n) is 4.97. The molecule has 1 aliphatic heterocycles. The van der Waals surface area contributed by atoms with E-state index in [1.165, 1.54) is 16.7 Å². The number of rotatable bonds is 5. The van der Waals surface area contributed by atoms with E-state index >= 15 is 0 Å². The van der Waals surface area contributed by atoms with Crippen molar-refractivity contribution in [3.63, 3.8) is 0 Å². The molecular weight excluding hydrogens is 272 g/mol. The Hall–Kier alpha value is -1.06. The van der Waals surface area contributed by atoms with Crippen LogP contribution >= 0.6 is 0 Å². The second-order valence-electron chi connectivity index (χ2n) is 7.33. The zero-order valence-corrected chi connectivity index (χ0v) is 15.0. The van der Waals surface area contributed by atoms with Crippen molar-refractivity contribution in [1.82, 2.24) is 4.90 Å². The molecule has 3 nitrogen and oxygen atoms in total. The van der Waals surface area contributed by atoms with Crippen molar-refractivity contribution in [2.24, 2.45) is 11.7 Å². The molecule has 0 amide bonds. The molecule has 1 saturated heterocycles. The average Bonchev–Trinajstić information content (AvgIpc) is 2.86. The Morgan fingerprint density at radius 3 is 2.09 bits per heavy atom. The monoisotopic (exact) mass is 304 g/mol. The summed E-state index contributed by atoms with van der Waals surface area (Å²) in [4.78, 5) is 2.45. The number of nitrogens with two attached hydrogens (primary N) is 1. The lowest BCUT2D eigenvalue weighted by molar-refractivity contribution is 0.312. The van der Waals surface area contributed by atoms with Crippen LogP contribution in [0.5, 0.6) is 5.75 Å². The number of nitrogens with zero attached hydrogens (tertiary/aromatic N) is 1. The minimum Gasteiger partial charge on any atom is -0.496 e. The van der Waals surface area contributed by atoms with Gasteiger partial charge in [-0.05, 0) is 54.5 Å². The van der Waals surface area contributed by atoms with Crippen LogP contribution in [0.3, 0.4) is 0 Å². The van der Waals surface area contributed by atoms with Gasteiger partial charge < -0.3 is 10.5 Å². The molecule has 3 heteroatoms.